The maximum Gasteiger partial charge on any atom is 0.422 e. The minimum atomic E-state index is -4.42. The lowest BCUT2D eigenvalue weighted by Crippen LogP contribution is -2.26. The number of halogens is 4. The van der Waals surface area contributed by atoms with Crippen LogP contribution in [0.5, 0.6) is 5.75 Å². The molecule has 19 heavy (non-hydrogen) atoms. The molecule has 0 aliphatic carbocycles. The highest BCUT2D eigenvalue weighted by Gasteiger charge is 2.28. The summed E-state index contributed by atoms with van der Waals surface area (Å²) >= 11 is 0. The first-order chi connectivity index (χ1) is 8.94. The van der Waals surface area contributed by atoms with E-state index in [1.165, 1.54) is 12.1 Å². The second-order valence-electron chi connectivity index (χ2n) is 4.65. The van der Waals surface area contributed by atoms with Gasteiger partial charge in [-0.15, -0.1) is 0 Å². The van der Waals surface area contributed by atoms with Crippen LogP contribution >= 0.6 is 0 Å². The van der Waals surface area contributed by atoms with E-state index in [0.29, 0.717) is 5.56 Å². The van der Waals surface area contributed by atoms with Crippen LogP contribution in [0.1, 0.15) is 24.3 Å². The van der Waals surface area contributed by atoms with E-state index in [1.807, 2.05) is 0 Å². The Bertz CT molecular complexity index is 427. The third-order valence-corrected chi connectivity index (χ3v) is 3.11. The van der Waals surface area contributed by atoms with Gasteiger partial charge in [0.25, 0.3) is 0 Å². The van der Waals surface area contributed by atoms with Gasteiger partial charge in [-0.05, 0) is 49.5 Å². The SMILES string of the molecule is Fc1cc(OCC(F)(F)F)cc(C2CCNCC2)c1. The monoisotopic (exact) mass is 277 g/mol. The Hall–Kier alpha value is -1.30. The molecule has 1 aliphatic rings. The summed E-state index contributed by atoms with van der Waals surface area (Å²) in [7, 11) is 0. The average molecular weight is 277 g/mol. The molecule has 0 unspecified atom stereocenters. The third-order valence-electron chi connectivity index (χ3n) is 3.11. The molecule has 1 aliphatic heterocycles. The maximum atomic E-state index is 13.4. The second kappa shape index (κ2) is 5.77. The van der Waals surface area contributed by atoms with Crippen molar-refractivity contribution in [1.82, 2.24) is 5.32 Å². The molecule has 6 heteroatoms. The van der Waals surface area contributed by atoms with Crippen LogP contribution in [0.15, 0.2) is 18.2 Å². The molecule has 0 bridgehead atoms. The molecule has 2 rings (SSSR count). The first-order valence-corrected chi connectivity index (χ1v) is 6.15. The Kier molecular flexibility index (Phi) is 4.29. The van der Waals surface area contributed by atoms with Crippen molar-refractivity contribution >= 4 is 0 Å². The van der Waals surface area contributed by atoms with Crippen LogP contribution in [0.25, 0.3) is 0 Å². The van der Waals surface area contributed by atoms with Crippen molar-refractivity contribution in [2.75, 3.05) is 19.7 Å². The van der Waals surface area contributed by atoms with Crippen molar-refractivity contribution in [2.45, 2.75) is 24.9 Å². The fourth-order valence-electron chi connectivity index (χ4n) is 2.22. The normalized spacial score (nSPS) is 17.5. The maximum absolute atomic E-state index is 13.4. The molecule has 1 heterocycles. The van der Waals surface area contributed by atoms with E-state index >= 15 is 0 Å². The molecule has 1 fully saturated rings. The predicted octanol–water partition coefficient (Wildman–Crippen LogP) is 3.23. The number of ether oxygens (including phenoxy) is 1. The van der Waals surface area contributed by atoms with Crippen LogP contribution in [-0.4, -0.2) is 25.9 Å². The van der Waals surface area contributed by atoms with Gasteiger partial charge >= 0.3 is 6.18 Å². The van der Waals surface area contributed by atoms with Crippen molar-refractivity contribution < 1.29 is 22.3 Å². The van der Waals surface area contributed by atoms with Gasteiger partial charge < -0.3 is 10.1 Å². The first-order valence-electron chi connectivity index (χ1n) is 6.15. The zero-order valence-electron chi connectivity index (χ0n) is 10.3. The molecule has 1 aromatic rings. The lowest BCUT2D eigenvalue weighted by Gasteiger charge is -2.23. The Morgan fingerprint density at radius 3 is 2.47 bits per heavy atom. The largest absolute Gasteiger partial charge is 0.484 e. The molecule has 0 saturated carbocycles. The summed E-state index contributed by atoms with van der Waals surface area (Å²) in [6, 6.07) is 3.86. The minimum Gasteiger partial charge on any atom is -0.484 e. The van der Waals surface area contributed by atoms with Gasteiger partial charge in [-0.3, -0.25) is 0 Å². The molecule has 1 aromatic carbocycles. The number of hydrogen-bond donors (Lipinski definition) is 1. The van der Waals surface area contributed by atoms with Gasteiger partial charge in [0.2, 0.25) is 0 Å². The third kappa shape index (κ3) is 4.38. The van der Waals surface area contributed by atoms with Crippen LogP contribution in [0.3, 0.4) is 0 Å². The van der Waals surface area contributed by atoms with Gasteiger partial charge in [0.05, 0.1) is 0 Å². The lowest BCUT2D eigenvalue weighted by molar-refractivity contribution is -0.153. The number of benzene rings is 1. The molecule has 0 atom stereocenters. The van der Waals surface area contributed by atoms with Crippen molar-refractivity contribution in [1.29, 1.82) is 0 Å². The summed E-state index contributed by atoms with van der Waals surface area (Å²) in [6.45, 7) is 0.266. The van der Waals surface area contributed by atoms with Crippen molar-refractivity contribution in [3.63, 3.8) is 0 Å². The van der Waals surface area contributed by atoms with Gasteiger partial charge in [0.15, 0.2) is 6.61 Å². The van der Waals surface area contributed by atoms with E-state index < -0.39 is 18.6 Å². The number of piperidine rings is 1. The van der Waals surface area contributed by atoms with Crippen LogP contribution < -0.4 is 10.1 Å². The highest BCUT2D eigenvalue weighted by atomic mass is 19.4. The Morgan fingerprint density at radius 1 is 1.16 bits per heavy atom. The molecule has 0 radical (unpaired) electrons. The van der Waals surface area contributed by atoms with Crippen molar-refractivity contribution in [3.05, 3.63) is 29.6 Å². The van der Waals surface area contributed by atoms with Crippen molar-refractivity contribution in [3.8, 4) is 5.75 Å². The first kappa shape index (κ1) is 14.1. The smallest absolute Gasteiger partial charge is 0.422 e. The fraction of sp³-hybridized carbons (Fsp3) is 0.538. The lowest BCUT2D eigenvalue weighted by atomic mass is 9.90. The Labute approximate surface area is 108 Å². The van der Waals surface area contributed by atoms with E-state index in [9.17, 15) is 17.6 Å². The van der Waals surface area contributed by atoms with Gasteiger partial charge in [0, 0.05) is 6.07 Å². The standard InChI is InChI=1S/C13H15F4NO/c14-11-5-10(9-1-3-18-4-2-9)6-12(7-11)19-8-13(15,16)17/h5-7,9,18H,1-4,8H2. The molecular weight excluding hydrogens is 262 g/mol. The number of hydrogen-bond acceptors (Lipinski definition) is 2. The second-order valence-corrected chi connectivity index (χ2v) is 4.65. The molecule has 2 nitrogen and oxygen atoms in total. The Morgan fingerprint density at radius 2 is 1.84 bits per heavy atom. The average Bonchev–Trinajstić information content (AvgIpc) is 2.36. The topological polar surface area (TPSA) is 21.3 Å². The molecule has 0 amide bonds. The van der Waals surface area contributed by atoms with E-state index in [4.69, 9.17) is 0 Å². The van der Waals surface area contributed by atoms with Crippen LogP contribution in [0.2, 0.25) is 0 Å². The summed E-state index contributed by atoms with van der Waals surface area (Å²) in [5, 5.41) is 3.18. The van der Waals surface area contributed by atoms with E-state index in [-0.39, 0.29) is 11.7 Å². The van der Waals surface area contributed by atoms with Gasteiger partial charge in [0.1, 0.15) is 11.6 Å². The fourth-order valence-corrected chi connectivity index (χ4v) is 2.22. The quantitative estimate of drug-likeness (QED) is 0.856. The number of alkyl halides is 3. The zero-order valence-corrected chi connectivity index (χ0v) is 10.3. The molecule has 0 aromatic heterocycles. The van der Waals surface area contributed by atoms with E-state index in [1.54, 1.807) is 0 Å². The van der Waals surface area contributed by atoms with E-state index in [2.05, 4.69) is 10.1 Å². The summed E-state index contributed by atoms with van der Waals surface area (Å²) in [6.07, 6.45) is -2.72. The predicted molar refractivity (Wildman–Crippen MR) is 62.8 cm³/mol. The zero-order chi connectivity index (χ0) is 13.9. The van der Waals surface area contributed by atoms with Crippen molar-refractivity contribution in [2.24, 2.45) is 0 Å². The van der Waals surface area contributed by atoms with Gasteiger partial charge in [-0.25, -0.2) is 4.39 Å². The van der Waals surface area contributed by atoms with Crippen LogP contribution in [0, 0.1) is 5.82 Å². The summed E-state index contributed by atoms with van der Waals surface area (Å²) < 4.78 is 54.2. The summed E-state index contributed by atoms with van der Waals surface area (Å²) in [5.41, 5.74) is 0.707. The van der Waals surface area contributed by atoms with Crippen LogP contribution in [0.4, 0.5) is 17.6 Å². The molecule has 1 saturated heterocycles. The van der Waals surface area contributed by atoms with E-state index in [0.717, 1.165) is 32.0 Å². The van der Waals surface area contributed by atoms with Gasteiger partial charge in [-0.2, -0.15) is 13.2 Å². The van der Waals surface area contributed by atoms with Gasteiger partial charge in [-0.1, -0.05) is 0 Å². The number of rotatable bonds is 3. The highest BCUT2D eigenvalue weighted by molar-refractivity contribution is 5.32. The molecular formula is C13H15F4NO. The van der Waals surface area contributed by atoms with Crippen LogP contribution in [-0.2, 0) is 0 Å². The minimum absolute atomic E-state index is 0.0640. The highest BCUT2D eigenvalue weighted by Crippen LogP contribution is 2.29. The molecule has 0 spiro atoms. The number of nitrogens with one attached hydrogen (secondary N) is 1. The molecule has 106 valence electrons. The Balaban J connectivity index is 2.10. The summed E-state index contributed by atoms with van der Waals surface area (Å²) in [5.74, 6) is -0.454. The molecule has 1 N–H and O–H groups in total. The summed E-state index contributed by atoms with van der Waals surface area (Å²) in [4.78, 5) is 0.